The Hall–Kier alpha value is -0.390. The topological polar surface area (TPSA) is 38.3 Å². The van der Waals surface area contributed by atoms with Crippen molar-refractivity contribution < 1.29 is 9.53 Å². The highest BCUT2D eigenvalue weighted by Gasteiger charge is 2.11. The zero-order chi connectivity index (χ0) is 11.3. The van der Waals surface area contributed by atoms with Gasteiger partial charge >= 0.3 is 0 Å². The maximum Gasteiger partial charge on any atom is 0.249 e. The van der Waals surface area contributed by atoms with E-state index in [0.29, 0.717) is 13.2 Å². The van der Waals surface area contributed by atoms with Crippen LogP contribution in [0.15, 0.2) is 15.2 Å². The Morgan fingerprint density at radius 2 is 2.47 bits per heavy atom. The predicted molar refractivity (Wildman–Crippen MR) is 65.0 cm³/mol. The number of rotatable bonds is 5. The monoisotopic (exact) mass is 291 g/mol. The molecule has 84 valence electrons. The molecule has 0 spiro atoms. The van der Waals surface area contributed by atoms with Crippen molar-refractivity contribution in [1.29, 1.82) is 0 Å². The maximum absolute atomic E-state index is 11.5. The molecule has 1 heterocycles. The minimum Gasteiger partial charge on any atom is -0.369 e. The number of carbonyl (C=O) groups excluding carboxylic acids is 1. The van der Waals surface area contributed by atoms with E-state index in [1.165, 1.54) is 0 Å². The van der Waals surface area contributed by atoms with E-state index in [0.717, 1.165) is 9.35 Å². The van der Waals surface area contributed by atoms with Crippen molar-refractivity contribution >= 4 is 33.2 Å². The molecule has 0 radical (unpaired) electrons. The van der Waals surface area contributed by atoms with Crippen LogP contribution in [0.25, 0.3) is 0 Å². The average molecular weight is 292 g/mol. The Labute approximate surface area is 102 Å². The predicted octanol–water partition coefficient (Wildman–Crippen LogP) is 2.55. The minimum atomic E-state index is -0.378. The van der Waals surface area contributed by atoms with Gasteiger partial charge in [-0.3, -0.25) is 4.79 Å². The Kier molecular flexibility index (Phi) is 5.28. The third kappa shape index (κ3) is 4.32. The number of amides is 1. The summed E-state index contributed by atoms with van der Waals surface area (Å²) in [5.41, 5.74) is 1.10. The number of hydrogen-bond donors (Lipinski definition) is 1. The van der Waals surface area contributed by atoms with Gasteiger partial charge in [0.1, 0.15) is 6.10 Å². The van der Waals surface area contributed by atoms with E-state index < -0.39 is 0 Å². The first-order chi connectivity index (χ1) is 7.13. The molecule has 0 aromatic carbocycles. The largest absolute Gasteiger partial charge is 0.369 e. The smallest absolute Gasteiger partial charge is 0.249 e. The average Bonchev–Trinajstić information content (AvgIpc) is 2.61. The number of thiophene rings is 1. The summed E-state index contributed by atoms with van der Waals surface area (Å²) in [4.78, 5) is 11.5. The summed E-state index contributed by atoms with van der Waals surface area (Å²) in [5.74, 6) is -0.0702. The standard InChI is InChI=1S/C10H14BrNO2S/c1-3-14-7(2)10(13)12-5-8-4-9(11)15-6-8/h4,6-7H,3,5H2,1-2H3,(H,12,13). The van der Waals surface area contributed by atoms with Crippen molar-refractivity contribution in [1.82, 2.24) is 5.32 Å². The first kappa shape index (κ1) is 12.7. The fourth-order valence-electron chi connectivity index (χ4n) is 1.10. The summed E-state index contributed by atoms with van der Waals surface area (Å²) >= 11 is 4.98. The lowest BCUT2D eigenvalue weighted by atomic mass is 10.3. The quantitative estimate of drug-likeness (QED) is 0.905. The van der Waals surface area contributed by atoms with E-state index in [-0.39, 0.29) is 12.0 Å². The molecule has 1 aromatic heterocycles. The number of ether oxygens (including phenoxy) is 1. The molecule has 0 saturated heterocycles. The van der Waals surface area contributed by atoms with Gasteiger partial charge in [0.25, 0.3) is 0 Å². The molecule has 0 aliphatic carbocycles. The van der Waals surface area contributed by atoms with Gasteiger partial charge in [0.2, 0.25) is 5.91 Å². The number of nitrogens with one attached hydrogen (secondary N) is 1. The van der Waals surface area contributed by atoms with Crippen molar-refractivity contribution in [2.75, 3.05) is 6.61 Å². The van der Waals surface area contributed by atoms with Crippen LogP contribution in [-0.4, -0.2) is 18.6 Å². The Bertz CT molecular complexity index is 327. The van der Waals surface area contributed by atoms with Gasteiger partial charge in [-0.1, -0.05) is 0 Å². The molecule has 5 heteroatoms. The van der Waals surface area contributed by atoms with Gasteiger partial charge in [-0.05, 0) is 46.8 Å². The number of hydrogen-bond acceptors (Lipinski definition) is 3. The molecule has 3 nitrogen and oxygen atoms in total. The zero-order valence-corrected chi connectivity index (χ0v) is 11.2. The minimum absolute atomic E-state index is 0.0702. The summed E-state index contributed by atoms with van der Waals surface area (Å²) in [5, 5.41) is 4.83. The zero-order valence-electron chi connectivity index (χ0n) is 8.75. The summed E-state index contributed by atoms with van der Waals surface area (Å²) in [6, 6.07) is 2.00. The van der Waals surface area contributed by atoms with E-state index in [2.05, 4.69) is 21.2 Å². The van der Waals surface area contributed by atoms with Crippen LogP contribution in [0.4, 0.5) is 0 Å². The first-order valence-corrected chi connectivity index (χ1v) is 6.43. The molecule has 0 aliphatic rings. The second kappa shape index (κ2) is 6.25. The summed E-state index contributed by atoms with van der Waals surface area (Å²) in [6.45, 7) is 4.74. The van der Waals surface area contributed by atoms with Crippen molar-refractivity contribution in [3.05, 3.63) is 20.8 Å². The Balaban J connectivity index is 2.34. The molecule has 1 N–H and O–H groups in total. The second-order valence-corrected chi connectivity index (χ2v) is 5.36. The Morgan fingerprint density at radius 3 is 3.00 bits per heavy atom. The molecule has 1 rings (SSSR count). The number of halogens is 1. The van der Waals surface area contributed by atoms with E-state index >= 15 is 0 Å². The van der Waals surface area contributed by atoms with E-state index in [1.54, 1.807) is 18.3 Å². The van der Waals surface area contributed by atoms with Gasteiger partial charge in [-0.25, -0.2) is 0 Å². The molecule has 0 aliphatic heterocycles. The second-order valence-electron chi connectivity index (χ2n) is 3.07. The van der Waals surface area contributed by atoms with Crippen LogP contribution in [0.3, 0.4) is 0 Å². The maximum atomic E-state index is 11.5. The highest BCUT2D eigenvalue weighted by atomic mass is 79.9. The number of carbonyl (C=O) groups is 1. The van der Waals surface area contributed by atoms with Crippen molar-refractivity contribution in [3.8, 4) is 0 Å². The summed E-state index contributed by atoms with van der Waals surface area (Å²) in [6.07, 6.45) is -0.378. The molecule has 1 aromatic rings. The van der Waals surface area contributed by atoms with Crippen molar-refractivity contribution in [2.45, 2.75) is 26.5 Å². The van der Waals surface area contributed by atoms with Crippen LogP contribution in [0.2, 0.25) is 0 Å². The van der Waals surface area contributed by atoms with Crippen LogP contribution >= 0.6 is 27.3 Å². The highest BCUT2D eigenvalue weighted by molar-refractivity contribution is 9.11. The first-order valence-electron chi connectivity index (χ1n) is 4.75. The fraction of sp³-hybridized carbons (Fsp3) is 0.500. The molecule has 0 bridgehead atoms. The lowest BCUT2D eigenvalue weighted by molar-refractivity contribution is -0.131. The van der Waals surface area contributed by atoms with Crippen molar-refractivity contribution in [3.63, 3.8) is 0 Å². The van der Waals surface area contributed by atoms with Crippen LogP contribution < -0.4 is 5.32 Å². The van der Waals surface area contributed by atoms with Gasteiger partial charge < -0.3 is 10.1 Å². The third-order valence-electron chi connectivity index (χ3n) is 1.87. The SMILES string of the molecule is CCOC(C)C(=O)NCc1csc(Br)c1. The van der Waals surface area contributed by atoms with Crippen LogP contribution in [0.5, 0.6) is 0 Å². The molecular formula is C10H14BrNO2S. The highest BCUT2D eigenvalue weighted by Crippen LogP contribution is 2.20. The Morgan fingerprint density at radius 1 is 1.73 bits per heavy atom. The van der Waals surface area contributed by atoms with Crippen LogP contribution in [0.1, 0.15) is 19.4 Å². The third-order valence-corrected chi connectivity index (χ3v) is 3.43. The molecule has 0 fully saturated rings. The summed E-state index contributed by atoms with van der Waals surface area (Å²) in [7, 11) is 0. The van der Waals surface area contributed by atoms with Gasteiger partial charge in [0.15, 0.2) is 0 Å². The van der Waals surface area contributed by atoms with E-state index in [9.17, 15) is 4.79 Å². The van der Waals surface area contributed by atoms with Gasteiger partial charge in [0, 0.05) is 13.2 Å². The molecule has 0 saturated carbocycles. The lowest BCUT2D eigenvalue weighted by Crippen LogP contribution is -2.33. The lowest BCUT2D eigenvalue weighted by Gasteiger charge is -2.11. The molecule has 1 amide bonds. The van der Waals surface area contributed by atoms with Crippen LogP contribution in [0, 0.1) is 0 Å². The van der Waals surface area contributed by atoms with Crippen molar-refractivity contribution in [2.24, 2.45) is 0 Å². The normalized spacial score (nSPS) is 12.5. The molecule has 15 heavy (non-hydrogen) atoms. The van der Waals surface area contributed by atoms with E-state index in [4.69, 9.17) is 4.74 Å². The van der Waals surface area contributed by atoms with Crippen LogP contribution in [-0.2, 0) is 16.1 Å². The van der Waals surface area contributed by atoms with Gasteiger partial charge in [-0.2, -0.15) is 0 Å². The summed E-state index contributed by atoms with van der Waals surface area (Å²) < 4.78 is 6.25. The van der Waals surface area contributed by atoms with Gasteiger partial charge in [-0.15, -0.1) is 11.3 Å². The fourth-order valence-corrected chi connectivity index (χ4v) is 2.31. The van der Waals surface area contributed by atoms with E-state index in [1.807, 2.05) is 18.4 Å². The molecular weight excluding hydrogens is 278 g/mol. The van der Waals surface area contributed by atoms with Gasteiger partial charge in [0.05, 0.1) is 3.79 Å². The molecule has 1 atom stereocenters. The molecule has 1 unspecified atom stereocenters.